The molecule has 206 valence electrons. The van der Waals surface area contributed by atoms with Crippen molar-refractivity contribution < 1.29 is 14.3 Å². The maximum atomic E-state index is 14.0. The molecule has 1 saturated heterocycles. The molecule has 2 heterocycles. The van der Waals surface area contributed by atoms with Crippen LogP contribution in [0.5, 0.6) is 0 Å². The number of esters is 1. The summed E-state index contributed by atoms with van der Waals surface area (Å²) in [6, 6.07) is 23.3. The fourth-order valence-corrected chi connectivity index (χ4v) is 6.69. The van der Waals surface area contributed by atoms with Gasteiger partial charge in [0, 0.05) is 18.5 Å². The molecule has 5 rings (SSSR count). The number of anilines is 2. The third-order valence-electron chi connectivity index (χ3n) is 6.19. The summed E-state index contributed by atoms with van der Waals surface area (Å²) in [7, 11) is 1.99. The lowest BCUT2D eigenvalue weighted by atomic mass is 10.1. The molecule has 2 aliphatic heterocycles. The molecule has 0 bridgehead atoms. The molecular formula is C31H32N4O3S2. The molecule has 3 aromatic carbocycles. The number of amides is 1. The van der Waals surface area contributed by atoms with E-state index in [9.17, 15) is 9.59 Å². The van der Waals surface area contributed by atoms with Crippen molar-refractivity contribution in [1.29, 1.82) is 0 Å². The monoisotopic (exact) mass is 572 g/mol. The molecule has 0 unspecified atom stereocenters. The Morgan fingerprint density at radius 2 is 1.73 bits per heavy atom. The maximum absolute atomic E-state index is 14.0. The highest BCUT2D eigenvalue weighted by Gasteiger charge is 2.39. The zero-order chi connectivity index (χ0) is 28.4. The number of nitrogens with zero attached hydrogens (tertiary/aromatic N) is 3. The number of aliphatic imine (C=N–C) groups is 1. The van der Waals surface area contributed by atoms with E-state index in [1.807, 2.05) is 83.3 Å². The van der Waals surface area contributed by atoms with E-state index in [0.29, 0.717) is 34.4 Å². The number of para-hydroxylation sites is 1. The minimum atomic E-state index is -0.618. The Kier molecular flexibility index (Phi) is 7.96. The van der Waals surface area contributed by atoms with Gasteiger partial charge in [0.2, 0.25) is 0 Å². The van der Waals surface area contributed by atoms with Gasteiger partial charge in [0.1, 0.15) is 10.5 Å². The lowest BCUT2D eigenvalue weighted by molar-refractivity contribution is -0.122. The molecule has 9 heteroatoms. The van der Waals surface area contributed by atoms with Crippen LogP contribution in [0, 0.1) is 0 Å². The van der Waals surface area contributed by atoms with Gasteiger partial charge in [-0.1, -0.05) is 54.2 Å². The van der Waals surface area contributed by atoms with Gasteiger partial charge in [-0.3, -0.25) is 9.69 Å². The van der Waals surface area contributed by atoms with Crippen LogP contribution in [0.25, 0.3) is 0 Å². The molecule has 1 amide bonds. The number of hydrogen-bond acceptors (Lipinski definition) is 8. The summed E-state index contributed by atoms with van der Waals surface area (Å²) in [5, 5.41) is 4.77. The number of carbonyl (C=O) groups excluding carboxylic acids is 2. The smallest absolute Gasteiger partial charge is 0.338 e. The third-order valence-corrected chi connectivity index (χ3v) is 8.63. The van der Waals surface area contributed by atoms with Crippen LogP contribution in [-0.2, 0) is 16.1 Å². The number of rotatable bonds is 6. The third kappa shape index (κ3) is 5.90. The highest BCUT2D eigenvalue weighted by atomic mass is 32.2. The van der Waals surface area contributed by atoms with Gasteiger partial charge in [-0.25, -0.2) is 9.79 Å². The van der Waals surface area contributed by atoms with Crippen LogP contribution < -0.4 is 10.2 Å². The maximum Gasteiger partial charge on any atom is 0.338 e. The van der Waals surface area contributed by atoms with E-state index in [-0.39, 0.29) is 5.91 Å². The molecule has 2 aliphatic rings. The second-order valence-electron chi connectivity index (χ2n) is 10.4. The molecule has 0 spiro atoms. The van der Waals surface area contributed by atoms with Crippen molar-refractivity contribution in [3.8, 4) is 0 Å². The summed E-state index contributed by atoms with van der Waals surface area (Å²) >= 11 is 2.96. The summed E-state index contributed by atoms with van der Waals surface area (Å²) in [4.78, 5) is 37.4. The second-order valence-corrected chi connectivity index (χ2v) is 12.4. The van der Waals surface area contributed by atoms with Crippen molar-refractivity contribution in [3.05, 3.63) is 93.9 Å². The van der Waals surface area contributed by atoms with Crippen molar-refractivity contribution in [3.63, 3.8) is 0 Å². The average Bonchev–Trinajstić information content (AvgIpc) is 3.41. The predicted molar refractivity (Wildman–Crippen MR) is 165 cm³/mol. The highest BCUT2D eigenvalue weighted by molar-refractivity contribution is 8.19. The summed E-state index contributed by atoms with van der Waals surface area (Å²) in [6.45, 7) is 8.58. The molecule has 0 atom stereocenters. The quantitative estimate of drug-likeness (QED) is 0.246. The van der Waals surface area contributed by atoms with Gasteiger partial charge in [0.05, 0.1) is 34.2 Å². The Morgan fingerprint density at radius 3 is 2.42 bits per heavy atom. The lowest BCUT2D eigenvalue weighted by Crippen LogP contribution is -2.29. The Hall–Kier alpha value is -3.69. The Morgan fingerprint density at radius 1 is 1.00 bits per heavy atom. The first-order valence-corrected chi connectivity index (χ1v) is 14.8. The molecule has 0 saturated carbocycles. The summed E-state index contributed by atoms with van der Waals surface area (Å²) in [5.41, 5.74) is 3.20. The summed E-state index contributed by atoms with van der Waals surface area (Å²) in [6.07, 6.45) is 0. The first kappa shape index (κ1) is 27.9. The van der Waals surface area contributed by atoms with Gasteiger partial charge >= 0.3 is 5.97 Å². The summed E-state index contributed by atoms with van der Waals surface area (Å²) in [5.74, 6) is -0.513. The number of ether oxygens (including phenoxy) is 1. The Labute approximate surface area is 243 Å². The van der Waals surface area contributed by atoms with Crippen molar-refractivity contribution in [1.82, 2.24) is 4.90 Å². The Balaban J connectivity index is 1.58. The van der Waals surface area contributed by atoms with Crippen molar-refractivity contribution in [2.24, 2.45) is 4.99 Å². The van der Waals surface area contributed by atoms with Crippen LogP contribution in [0.1, 0.15) is 43.6 Å². The second kappa shape index (κ2) is 11.4. The van der Waals surface area contributed by atoms with Crippen molar-refractivity contribution >= 4 is 57.6 Å². The number of benzene rings is 3. The van der Waals surface area contributed by atoms with Crippen LogP contribution in [0.2, 0.25) is 0 Å². The first-order chi connectivity index (χ1) is 19.1. The number of hydrogen-bond donors (Lipinski definition) is 1. The molecule has 0 radical (unpaired) electrons. The molecular weight excluding hydrogens is 541 g/mol. The minimum absolute atomic E-state index is 0.0944. The number of carbonyl (C=O) groups is 2. The van der Waals surface area contributed by atoms with E-state index in [1.54, 1.807) is 28.8 Å². The van der Waals surface area contributed by atoms with E-state index < -0.39 is 11.6 Å². The minimum Gasteiger partial charge on any atom is -0.456 e. The molecule has 3 aromatic rings. The molecule has 0 aromatic heterocycles. The summed E-state index contributed by atoms with van der Waals surface area (Å²) < 4.78 is 5.60. The number of amidine groups is 1. The van der Waals surface area contributed by atoms with Crippen LogP contribution in [0.4, 0.5) is 17.1 Å². The fourth-order valence-electron chi connectivity index (χ4n) is 4.36. The Bertz CT molecular complexity index is 1510. The zero-order valence-electron chi connectivity index (χ0n) is 23.2. The topological polar surface area (TPSA) is 74.2 Å². The van der Waals surface area contributed by atoms with Crippen LogP contribution in [0.3, 0.4) is 0 Å². The van der Waals surface area contributed by atoms with Gasteiger partial charge in [0.15, 0.2) is 5.17 Å². The molecule has 1 fully saturated rings. The van der Waals surface area contributed by atoms with Crippen molar-refractivity contribution in [2.75, 3.05) is 23.8 Å². The van der Waals surface area contributed by atoms with Gasteiger partial charge in [-0.2, -0.15) is 0 Å². The van der Waals surface area contributed by atoms with Gasteiger partial charge < -0.3 is 15.0 Å². The average molecular weight is 573 g/mol. The zero-order valence-corrected chi connectivity index (χ0v) is 24.9. The first-order valence-electron chi connectivity index (χ1n) is 13.1. The molecule has 40 heavy (non-hydrogen) atoms. The van der Waals surface area contributed by atoms with E-state index in [1.165, 1.54) is 11.8 Å². The fraction of sp³-hybridized carbons (Fsp3) is 0.258. The highest BCUT2D eigenvalue weighted by Crippen LogP contribution is 2.50. The lowest BCUT2D eigenvalue weighted by Gasteiger charge is -2.20. The number of nitrogens with one attached hydrogen (secondary N) is 1. The standard InChI is InChI=1S/C31H32N4O3S2/c1-6-32-22-17-16-21(29(37)38-31(2,3)4)18-23(22)33-30-35(19-20-12-8-7-9-13-20)27(36)26(40-30)28-34(5)24-14-10-11-15-25(24)39-28/h7-18,32H,6,19H2,1-5H3. The molecule has 7 nitrogen and oxygen atoms in total. The van der Waals surface area contributed by atoms with Gasteiger partial charge in [-0.05, 0) is 75.4 Å². The largest absolute Gasteiger partial charge is 0.456 e. The van der Waals surface area contributed by atoms with E-state index in [0.717, 1.165) is 26.9 Å². The molecule has 0 aliphatic carbocycles. The van der Waals surface area contributed by atoms with Crippen molar-refractivity contribution in [2.45, 2.75) is 44.7 Å². The van der Waals surface area contributed by atoms with Crippen LogP contribution in [0.15, 0.2) is 92.6 Å². The van der Waals surface area contributed by atoms with E-state index >= 15 is 0 Å². The number of fused-ring (bicyclic) bond motifs is 1. The van der Waals surface area contributed by atoms with Crippen LogP contribution in [-0.4, -0.2) is 41.1 Å². The van der Waals surface area contributed by atoms with Gasteiger partial charge in [0.25, 0.3) is 5.91 Å². The van der Waals surface area contributed by atoms with E-state index in [2.05, 4.69) is 22.3 Å². The van der Waals surface area contributed by atoms with Crippen LogP contribution >= 0.6 is 23.5 Å². The molecule has 1 N–H and O–H groups in total. The predicted octanol–water partition coefficient (Wildman–Crippen LogP) is 7.25. The van der Waals surface area contributed by atoms with Gasteiger partial charge in [-0.15, -0.1) is 0 Å². The number of thioether (sulfide) groups is 2. The normalized spacial score (nSPS) is 17.9. The van der Waals surface area contributed by atoms with E-state index in [4.69, 9.17) is 9.73 Å². The SMILES string of the molecule is CCNc1ccc(C(=O)OC(C)(C)C)cc1N=C1SC(=C2Sc3ccccc3N2C)C(=O)N1Cc1ccccc1.